The molecule has 0 saturated heterocycles. The molecule has 0 bridgehead atoms. The maximum absolute atomic E-state index is 14.5. The average Bonchev–Trinajstić information content (AvgIpc) is 3.98. The molecule has 1 aromatic heterocycles. The minimum atomic E-state index is -0.759. The zero-order valence-electron chi connectivity index (χ0n) is 24.5. The lowest BCUT2D eigenvalue weighted by Crippen LogP contribution is -2.36. The van der Waals surface area contributed by atoms with Gasteiger partial charge in [-0.1, -0.05) is 30.2 Å². The molecule has 5 N–H and O–H groups in total. The number of nitrogens with zero attached hydrogens (tertiary/aromatic N) is 2. The van der Waals surface area contributed by atoms with Gasteiger partial charge in [0.15, 0.2) is 0 Å². The van der Waals surface area contributed by atoms with Crippen molar-refractivity contribution in [1.82, 2.24) is 20.9 Å². The number of aromatic nitrogens is 1. The fourth-order valence-electron chi connectivity index (χ4n) is 4.33. The summed E-state index contributed by atoms with van der Waals surface area (Å²) >= 11 is 0. The van der Waals surface area contributed by atoms with Gasteiger partial charge in [0.1, 0.15) is 11.5 Å². The number of carbonyl (C=O) groups excluding carboxylic acids is 3. The van der Waals surface area contributed by atoms with Gasteiger partial charge in [-0.3, -0.25) is 19.4 Å². The summed E-state index contributed by atoms with van der Waals surface area (Å²) in [5.41, 5.74) is 8.76. The molecule has 2 aliphatic rings. The van der Waals surface area contributed by atoms with E-state index in [1.54, 1.807) is 36.7 Å². The van der Waals surface area contributed by atoms with Crippen molar-refractivity contribution in [2.24, 2.45) is 10.7 Å². The largest absolute Gasteiger partial charge is 0.404 e. The number of hydrogen-bond acceptors (Lipinski definition) is 7. The minimum absolute atomic E-state index is 0.0449. The van der Waals surface area contributed by atoms with Gasteiger partial charge in [0.05, 0.1) is 18.1 Å². The van der Waals surface area contributed by atoms with Crippen LogP contribution in [0.5, 0.6) is 0 Å². The molecule has 0 radical (unpaired) electrons. The van der Waals surface area contributed by atoms with E-state index in [1.165, 1.54) is 18.3 Å². The zero-order chi connectivity index (χ0) is 31.4. The first kappa shape index (κ1) is 31.8. The van der Waals surface area contributed by atoms with Gasteiger partial charge in [-0.15, -0.1) is 0 Å². The standard InChI is InChI=1S/C25H25FN4O3.C9H10N2/c26-20-10-17(18(12-27)14-28-21-5-6-21)9-19(11-20)25(7-8-25)30-24(33)22-4-2-1-3-16(22)13-29-23(32)15-31;1-10-7-4-6-9-5-2-3-8-11-9/h1-4,9-12,14-15,21H,5-8,13,27H2,(H,29,32)(H,30,33);2-3,5,8,10H,7H2,1H3/b18-12+,28-14?;. The number of carbonyl (C=O) groups is 3. The van der Waals surface area contributed by atoms with Gasteiger partial charge in [-0.2, -0.15) is 0 Å². The lowest BCUT2D eigenvalue weighted by atomic mass is 9.97. The Kier molecular flexibility index (Phi) is 11.1. The number of benzene rings is 2. The molecule has 5 rings (SSSR count). The van der Waals surface area contributed by atoms with Crippen LogP contribution in [0, 0.1) is 17.7 Å². The van der Waals surface area contributed by atoms with Crippen LogP contribution in [0.1, 0.15) is 58.4 Å². The molecule has 2 saturated carbocycles. The molecule has 0 spiro atoms. The second kappa shape index (κ2) is 15.4. The lowest BCUT2D eigenvalue weighted by Gasteiger charge is -2.20. The number of nitrogens with two attached hydrogens (primary N) is 1. The number of amides is 2. The minimum Gasteiger partial charge on any atom is -0.404 e. The molecule has 2 aliphatic carbocycles. The second-order valence-electron chi connectivity index (χ2n) is 10.4. The molecule has 0 aliphatic heterocycles. The van der Waals surface area contributed by atoms with Crippen molar-refractivity contribution in [1.29, 1.82) is 0 Å². The highest BCUT2D eigenvalue weighted by Gasteiger charge is 2.46. The van der Waals surface area contributed by atoms with E-state index in [2.05, 4.69) is 37.8 Å². The highest BCUT2D eigenvalue weighted by molar-refractivity contribution is 6.23. The Labute approximate surface area is 256 Å². The van der Waals surface area contributed by atoms with Crippen molar-refractivity contribution >= 4 is 29.9 Å². The predicted molar refractivity (Wildman–Crippen MR) is 168 cm³/mol. The molecule has 10 heteroatoms. The quantitative estimate of drug-likeness (QED) is 0.123. The van der Waals surface area contributed by atoms with Crippen molar-refractivity contribution < 1.29 is 18.8 Å². The third kappa shape index (κ3) is 9.18. The summed E-state index contributed by atoms with van der Waals surface area (Å²) in [4.78, 5) is 43.4. The lowest BCUT2D eigenvalue weighted by molar-refractivity contribution is -0.131. The van der Waals surface area contributed by atoms with Crippen molar-refractivity contribution in [3.05, 3.63) is 107 Å². The predicted octanol–water partition coefficient (Wildman–Crippen LogP) is 3.25. The molecule has 2 aromatic carbocycles. The second-order valence-corrected chi connectivity index (χ2v) is 10.4. The van der Waals surface area contributed by atoms with Crippen molar-refractivity contribution in [3.8, 4) is 11.8 Å². The Balaban J connectivity index is 0.000000339. The third-order valence-electron chi connectivity index (χ3n) is 7.01. The first-order chi connectivity index (χ1) is 21.4. The summed E-state index contributed by atoms with van der Waals surface area (Å²) in [6, 6.07) is 17.5. The van der Waals surface area contributed by atoms with E-state index in [9.17, 15) is 18.8 Å². The molecule has 0 atom stereocenters. The average molecular weight is 595 g/mol. The van der Waals surface area contributed by atoms with Crippen LogP contribution in [-0.4, -0.2) is 48.9 Å². The topological polar surface area (TPSA) is 139 Å². The van der Waals surface area contributed by atoms with Gasteiger partial charge < -0.3 is 21.7 Å². The van der Waals surface area contributed by atoms with Crippen LogP contribution in [0.4, 0.5) is 4.39 Å². The fourth-order valence-corrected chi connectivity index (χ4v) is 4.33. The fraction of sp³-hybridized carbons (Fsp3) is 0.265. The van der Waals surface area contributed by atoms with E-state index in [1.807, 2.05) is 31.3 Å². The Morgan fingerprint density at radius 1 is 1.14 bits per heavy atom. The SMILES string of the molecule is CNCC#Cc1ccccn1.N/C=C(\C=NC1CC1)c1cc(F)cc(C2(NC(=O)c3ccccc3CNC(=O)C=O)CC2)c1. The van der Waals surface area contributed by atoms with E-state index < -0.39 is 17.3 Å². The summed E-state index contributed by atoms with van der Waals surface area (Å²) in [6.45, 7) is 0.750. The smallest absolute Gasteiger partial charge is 0.284 e. The van der Waals surface area contributed by atoms with Gasteiger partial charge in [-0.05, 0) is 91.7 Å². The number of allylic oxidation sites excluding steroid dienone is 1. The van der Waals surface area contributed by atoms with Gasteiger partial charge in [0.25, 0.3) is 11.8 Å². The highest BCUT2D eigenvalue weighted by atomic mass is 19.1. The molecular formula is C34H35FN6O3. The Hall–Kier alpha value is -5.14. The number of pyridine rings is 1. The maximum Gasteiger partial charge on any atom is 0.284 e. The van der Waals surface area contributed by atoms with Crippen LogP contribution in [0.2, 0.25) is 0 Å². The van der Waals surface area contributed by atoms with Crippen molar-refractivity contribution in [2.75, 3.05) is 13.6 Å². The molecule has 2 amide bonds. The van der Waals surface area contributed by atoms with Crippen LogP contribution >= 0.6 is 0 Å². The van der Waals surface area contributed by atoms with E-state index in [4.69, 9.17) is 5.73 Å². The summed E-state index contributed by atoms with van der Waals surface area (Å²) in [5, 5.41) is 8.42. The summed E-state index contributed by atoms with van der Waals surface area (Å²) in [7, 11) is 1.87. The number of hydrogen-bond donors (Lipinski definition) is 4. The Morgan fingerprint density at radius 3 is 2.57 bits per heavy atom. The molecule has 2 fully saturated rings. The summed E-state index contributed by atoms with van der Waals surface area (Å²) in [6.07, 6.45) is 8.46. The van der Waals surface area contributed by atoms with Gasteiger partial charge in [-0.25, -0.2) is 9.37 Å². The molecular weight excluding hydrogens is 559 g/mol. The molecule has 44 heavy (non-hydrogen) atoms. The van der Waals surface area contributed by atoms with Crippen molar-refractivity contribution in [3.63, 3.8) is 0 Å². The monoisotopic (exact) mass is 594 g/mol. The zero-order valence-corrected chi connectivity index (χ0v) is 24.5. The van der Waals surface area contributed by atoms with Crippen LogP contribution in [0.15, 0.2) is 78.1 Å². The number of rotatable bonds is 10. The number of nitrogens with one attached hydrogen (secondary N) is 3. The first-order valence-corrected chi connectivity index (χ1v) is 14.3. The third-order valence-corrected chi connectivity index (χ3v) is 7.01. The van der Waals surface area contributed by atoms with E-state index in [-0.39, 0.29) is 18.7 Å². The number of aliphatic imine (C=N–C) groups is 1. The van der Waals surface area contributed by atoms with Crippen LogP contribution in [0.3, 0.4) is 0 Å². The Bertz CT molecular complexity index is 1600. The molecule has 9 nitrogen and oxygen atoms in total. The number of aldehydes is 1. The summed E-state index contributed by atoms with van der Waals surface area (Å²) < 4.78 is 14.5. The maximum atomic E-state index is 14.5. The van der Waals surface area contributed by atoms with Gasteiger partial charge in [0.2, 0.25) is 6.29 Å². The van der Waals surface area contributed by atoms with E-state index in [0.717, 1.165) is 18.5 Å². The van der Waals surface area contributed by atoms with Gasteiger partial charge in [0, 0.05) is 36.3 Å². The molecule has 3 aromatic rings. The van der Waals surface area contributed by atoms with E-state index >= 15 is 0 Å². The number of halogens is 1. The van der Waals surface area contributed by atoms with Crippen LogP contribution < -0.4 is 21.7 Å². The molecule has 0 unspecified atom stereocenters. The summed E-state index contributed by atoms with van der Waals surface area (Å²) in [5.74, 6) is 4.34. The normalized spacial score (nSPS) is 14.8. The van der Waals surface area contributed by atoms with Crippen LogP contribution in [-0.2, 0) is 21.7 Å². The van der Waals surface area contributed by atoms with E-state index in [0.29, 0.717) is 53.3 Å². The van der Waals surface area contributed by atoms with Gasteiger partial charge >= 0.3 is 0 Å². The van der Waals surface area contributed by atoms with Crippen LogP contribution in [0.25, 0.3) is 5.57 Å². The highest BCUT2D eigenvalue weighted by Crippen LogP contribution is 2.46. The molecule has 226 valence electrons. The molecule has 1 heterocycles. The van der Waals surface area contributed by atoms with Crippen molar-refractivity contribution in [2.45, 2.75) is 43.8 Å². The Morgan fingerprint density at radius 2 is 1.91 bits per heavy atom. The first-order valence-electron chi connectivity index (χ1n) is 14.3.